The lowest BCUT2D eigenvalue weighted by molar-refractivity contribution is 0.127. The monoisotopic (exact) mass is 214 g/mol. The lowest BCUT2D eigenvalue weighted by Crippen LogP contribution is -2.51. The van der Waals surface area contributed by atoms with Crippen molar-refractivity contribution in [2.45, 2.75) is 57.7 Å². The third kappa shape index (κ3) is 4.09. The number of nitrogens with one attached hydrogen (secondary N) is 1. The van der Waals surface area contributed by atoms with Crippen LogP contribution < -0.4 is 5.32 Å². The van der Waals surface area contributed by atoms with E-state index in [2.05, 4.69) is 38.0 Å². The molecule has 0 saturated heterocycles. The summed E-state index contributed by atoms with van der Waals surface area (Å²) in [6, 6.07) is 1.17. The molecule has 1 aliphatic carbocycles. The Morgan fingerprint density at radius 1 is 1.53 bits per heavy atom. The standard InChI is InChI=1S/C12H26N2O/c1-5-14(4)10(2)8-12(3,9-15)13-11-6-7-11/h10-11,13,15H,5-9H2,1-4H3. The molecule has 0 amide bonds. The van der Waals surface area contributed by atoms with Crippen molar-refractivity contribution in [1.82, 2.24) is 10.2 Å². The molecule has 15 heavy (non-hydrogen) atoms. The summed E-state index contributed by atoms with van der Waals surface area (Å²) in [5.74, 6) is 0. The number of aliphatic hydroxyl groups excluding tert-OH is 1. The smallest absolute Gasteiger partial charge is 0.0611 e. The maximum absolute atomic E-state index is 9.48. The van der Waals surface area contributed by atoms with Gasteiger partial charge in [0.25, 0.3) is 0 Å². The van der Waals surface area contributed by atoms with Gasteiger partial charge in [0.15, 0.2) is 0 Å². The molecule has 0 heterocycles. The molecule has 90 valence electrons. The van der Waals surface area contributed by atoms with Gasteiger partial charge in [-0.1, -0.05) is 6.92 Å². The molecule has 2 atom stereocenters. The van der Waals surface area contributed by atoms with Gasteiger partial charge >= 0.3 is 0 Å². The minimum atomic E-state index is -0.107. The van der Waals surface area contributed by atoms with Crippen molar-refractivity contribution in [2.75, 3.05) is 20.2 Å². The largest absolute Gasteiger partial charge is 0.394 e. The number of aliphatic hydroxyl groups is 1. The average Bonchev–Trinajstić information content (AvgIpc) is 3.00. The van der Waals surface area contributed by atoms with Crippen LogP contribution in [-0.4, -0.2) is 47.8 Å². The second kappa shape index (κ2) is 5.28. The van der Waals surface area contributed by atoms with Gasteiger partial charge in [0.05, 0.1) is 6.61 Å². The van der Waals surface area contributed by atoms with Crippen LogP contribution in [0.1, 0.15) is 40.0 Å². The van der Waals surface area contributed by atoms with Crippen LogP contribution in [0.3, 0.4) is 0 Å². The number of nitrogens with zero attached hydrogens (tertiary/aromatic N) is 1. The fraction of sp³-hybridized carbons (Fsp3) is 1.00. The Labute approximate surface area is 93.9 Å². The quantitative estimate of drug-likeness (QED) is 0.669. The Bertz CT molecular complexity index is 194. The third-order valence-corrected chi connectivity index (χ3v) is 3.48. The fourth-order valence-corrected chi connectivity index (χ4v) is 2.01. The van der Waals surface area contributed by atoms with Gasteiger partial charge in [-0.15, -0.1) is 0 Å². The van der Waals surface area contributed by atoms with Crippen molar-refractivity contribution in [3.63, 3.8) is 0 Å². The third-order valence-electron chi connectivity index (χ3n) is 3.48. The molecule has 0 aliphatic heterocycles. The molecule has 0 spiro atoms. The molecule has 2 unspecified atom stereocenters. The highest BCUT2D eigenvalue weighted by molar-refractivity contribution is 4.94. The van der Waals surface area contributed by atoms with Gasteiger partial charge in [0.1, 0.15) is 0 Å². The van der Waals surface area contributed by atoms with Gasteiger partial charge in [-0.2, -0.15) is 0 Å². The minimum Gasteiger partial charge on any atom is -0.394 e. The molecule has 0 bridgehead atoms. The van der Waals surface area contributed by atoms with E-state index < -0.39 is 0 Å². The molecule has 1 saturated carbocycles. The lowest BCUT2D eigenvalue weighted by atomic mass is 9.93. The first-order chi connectivity index (χ1) is 7.00. The van der Waals surface area contributed by atoms with Crippen molar-refractivity contribution in [1.29, 1.82) is 0 Å². The predicted octanol–water partition coefficient (Wildman–Crippen LogP) is 1.22. The summed E-state index contributed by atoms with van der Waals surface area (Å²) < 4.78 is 0. The summed E-state index contributed by atoms with van der Waals surface area (Å²) in [7, 11) is 2.14. The molecular weight excluding hydrogens is 188 g/mol. The molecule has 3 nitrogen and oxygen atoms in total. The Kier molecular flexibility index (Phi) is 4.56. The summed E-state index contributed by atoms with van der Waals surface area (Å²) in [6.45, 7) is 7.82. The number of rotatable bonds is 7. The van der Waals surface area contributed by atoms with Gasteiger partial charge in [-0.05, 0) is 46.7 Å². The van der Waals surface area contributed by atoms with E-state index in [4.69, 9.17) is 0 Å². The molecule has 1 rings (SSSR count). The highest BCUT2D eigenvalue weighted by Crippen LogP contribution is 2.25. The van der Waals surface area contributed by atoms with Gasteiger partial charge < -0.3 is 15.3 Å². The van der Waals surface area contributed by atoms with Gasteiger partial charge in [0, 0.05) is 17.6 Å². The van der Waals surface area contributed by atoms with Crippen LogP contribution in [0.4, 0.5) is 0 Å². The van der Waals surface area contributed by atoms with Crippen LogP contribution in [0.25, 0.3) is 0 Å². The molecule has 1 aliphatic rings. The zero-order valence-corrected chi connectivity index (χ0v) is 10.6. The summed E-state index contributed by atoms with van der Waals surface area (Å²) >= 11 is 0. The van der Waals surface area contributed by atoms with E-state index in [1.165, 1.54) is 12.8 Å². The van der Waals surface area contributed by atoms with Crippen molar-refractivity contribution >= 4 is 0 Å². The first-order valence-electron chi connectivity index (χ1n) is 6.09. The summed E-state index contributed by atoms with van der Waals surface area (Å²) in [4.78, 5) is 2.32. The van der Waals surface area contributed by atoms with E-state index in [0.717, 1.165) is 13.0 Å². The first-order valence-corrected chi connectivity index (χ1v) is 6.09. The van der Waals surface area contributed by atoms with E-state index in [1.54, 1.807) is 0 Å². The van der Waals surface area contributed by atoms with E-state index in [0.29, 0.717) is 12.1 Å². The van der Waals surface area contributed by atoms with Crippen molar-refractivity contribution in [2.24, 2.45) is 0 Å². The van der Waals surface area contributed by atoms with Crippen LogP contribution >= 0.6 is 0 Å². The normalized spacial score (nSPS) is 22.8. The van der Waals surface area contributed by atoms with E-state index in [9.17, 15) is 5.11 Å². The van der Waals surface area contributed by atoms with Gasteiger partial charge in [-0.25, -0.2) is 0 Å². The van der Waals surface area contributed by atoms with E-state index in [-0.39, 0.29) is 12.1 Å². The molecule has 2 N–H and O–H groups in total. The summed E-state index contributed by atoms with van der Waals surface area (Å²) in [6.07, 6.45) is 3.55. The Hall–Kier alpha value is -0.120. The zero-order valence-electron chi connectivity index (χ0n) is 10.6. The minimum absolute atomic E-state index is 0.107. The molecule has 0 aromatic carbocycles. The molecule has 0 aromatic heterocycles. The Balaban J connectivity index is 2.42. The molecule has 0 radical (unpaired) electrons. The van der Waals surface area contributed by atoms with Crippen LogP contribution in [0.2, 0.25) is 0 Å². The second-order valence-electron chi connectivity index (χ2n) is 5.26. The predicted molar refractivity (Wildman–Crippen MR) is 64.0 cm³/mol. The van der Waals surface area contributed by atoms with Crippen LogP contribution in [0.5, 0.6) is 0 Å². The van der Waals surface area contributed by atoms with E-state index >= 15 is 0 Å². The van der Waals surface area contributed by atoms with Crippen molar-refractivity contribution in [3.8, 4) is 0 Å². The van der Waals surface area contributed by atoms with Crippen LogP contribution in [-0.2, 0) is 0 Å². The van der Waals surface area contributed by atoms with Crippen LogP contribution in [0, 0.1) is 0 Å². The topological polar surface area (TPSA) is 35.5 Å². The molecular formula is C12H26N2O. The van der Waals surface area contributed by atoms with Crippen LogP contribution in [0.15, 0.2) is 0 Å². The molecule has 1 fully saturated rings. The second-order valence-corrected chi connectivity index (χ2v) is 5.26. The zero-order chi connectivity index (χ0) is 11.5. The Morgan fingerprint density at radius 3 is 2.53 bits per heavy atom. The maximum Gasteiger partial charge on any atom is 0.0611 e. The number of hydrogen-bond acceptors (Lipinski definition) is 3. The number of hydrogen-bond donors (Lipinski definition) is 2. The van der Waals surface area contributed by atoms with Crippen molar-refractivity contribution in [3.05, 3.63) is 0 Å². The van der Waals surface area contributed by atoms with Crippen molar-refractivity contribution < 1.29 is 5.11 Å². The molecule has 3 heteroatoms. The SMILES string of the molecule is CCN(C)C(C)CC(C)(CO)NC1CC1. The fourth-order valence-electron chi connectivity index (χ4n) is 2.01. The van der Waals surface area contributed by atoms with Gasteiger partial charge in [-0.3, -0.25) is 0 Å². The maximum atomic E-state index is 9.48. The first kappa shape index (κ1) is 12.9. The highest BCUT2D eigenvalue weighted by atomic mass is 16.3. The average molecular weight is 214 g/mol. The molecule has 0 aromatic rings. The van der Waals surface area contributed by atoms with E-state index in [1.807, 2.05) is 0 Å². The van der Waals surface area contributed by atoms with Gasteiger partial charge in [0.2, 0.25) is 0 Å². The lowest BCUT2D eigenvalue weighted by Gasteiger charge is -2.35. The highest BCUT2D eigenvalue weighted by Gasteiger charge is 2.33. The Morgan fingerprint density at radius 2 is 2.13 bits per heavy atom. The summed E-state index contributed by atoms with van der Waals surface area (Å²) in [5.41, 5.74) is -0.107. The summed E-state index contributed by atoms with van der Waals surface area (Å²) in [5, 5.41) is 13.0.